The molecule has 0 radical (unpaired) electrons. The van der Waals surface area contributed by atoms with Crippen LogP contribution in [0.3, 0.4) is 0 Å². The first kappa shape index (κ1) is 17.0. The largest absolute Gasteiger partial charge is 0.393 e. The van der Waals surface area contributed by atoms with Crippen LogP contribution >= 0.6 is 0 Å². The van der Waals surface area contributed by atoms with Crippen LogP contribution in [-0.2, 0) is 4.79 Å². The van der Waals surface area contributed by atoms with Crippen molar-refractivity contribution in [3.05, 3.63) is 0 Å². The fourth-order valence-corrected chi connectivity index (χ4v) is 7.87. The molecule has 8 atom stereocenters. The third-order valence-corrected chi connectivity index (χ3v) is 9.18. The first-order chi connectivity index (χ1) is 11.4. The Morgan fingerprint density at radius 1 is 0.958 bits per heavy atom. The predicted octanol–water partition coefficient (Wildman–Crippen LogP) is 3.57. The first-order valence-electron chi connectivity index (χ1n) is 10.2. The fourth-order valence-electron chi connectivity index (χ4n) is 7.87. The van der Waals surface area contributed by atoms with Crippen molar-refractivity contribution in [2.24, 2.45) is 40.4 Å². The van der Waals surface area contributed by atoms with Gasteiger partial charge in [-0.1, -0.05) is 13.8 Å². The standard InChI is InChI=1S/C21H34O3/c1-20-9-7-14(23)11-13(20)3-4-15-16-5-6-18(19(24)12-22)21(16,2)10-8-17(15)20/h13-18,22-23H,3-12H2,1-2H3/t13-,14+,15?,16-,17?,18+,20-,21-/m0/s1. The normalized spacial score (nSPS) is 53.8. The number of aliphatic hydroxyl groups is 2. The maximum atomic E-state index is 12.3. The summed E-state index contributed by atoms with van der Waals surface area (Å²) in [6.07, 6.45) is 10.2. The molecule has 4 rings (SSSR count). The fraction of sp³-hybridized carbons (Fsp3) is 0.952. The van der Waals surface area contributed by atoms with Gasteiger partial charge in [0.1, 0.15) is 6.61 Å². The van der Waals surface area contributed by atoms with E-state index in [0.29, 0.717) is 17.3 Å². The lowest BCUT2D eigenvalue weighted by Crippen LogP contribution is -2.54. The lowest BCUT2D eigenvalue weighted by atomic mass is 9.44. The second-order valence-electron chi connectivity index (χ2n) is 9.88. The molecule has 24 heavy (non-hydrogen) atoms. The van der Waals surface area contributed by atoms with Crippen LogP contribution in [0, 0.1) is 40.4 Å². The van der Waals surface area contributed by atoms with Crippen molar-refractivity contribution in [1.82, 2.24) is 0 Å². The van der Waals surface area contributed by atoms with Gasteiger partial charge in [0.05, 0.1) is 6.10 Å². The van der Waals surface area contributed by atoms with Gasteiger partial charge in [-0.05, 0) is 92.3 Å². The lowest BCUT2D eigenvalue weighted by Gasteiger charge is -2.60. The van der Waals surface area contributed by atoms with Crippen LogP contribution in [0.1, 0.15) is 71.6 Å². The van der Waals surface area contributed by atoms with E-state index in [1.54, 1.807) is 0 Å². The molecule has 0 aliphatic heterocycles. The Morgan fingerprint density at radius 2 is 1.67 bits per heavy atom. The maximum Gasteiger partial charge on any atom is 0.161 e. The van der Waals surface area contributed by atoms with Crippen molar-refractivity contribution in [2.45, 2.75) is 77.7 Å². The van der Waals surface area contributed by atoms with Gasteiger partial charge >= 0.3 is 0 Å². The summed E-state index contributed by atoms with van der Waals surface area (Å²) in [6, 6.07) is 0. The topological polar surface area (TPSA) is 57.5 Å². The minimum absolute atomic E-state index is 0.0773. The highest BCUT2D eigenvalue weighted by Crippen LogP contribution is 2.67. The van der Waals surface area contributed by atoms with E-state index < -0.39 is 0 Å². The van der Waals surface area contributed by atoms with E-state index >= 15 is 0 Å². The second-order valence-corrected chi connectivity index (χ2v) is 9.88. The monoisotopic (exact) mass is 334 g/mol. The molecule has 136 valence electrons. The quantitative estimate of drug-likeness (QED) is 0.812. The zero-order chi connectivity index (χ0) is 17.1. The van der Waals surface area contributed by atoms with Gasteiger partial charge in [0.15, 0.2) is 5.78 Å². The molecule has 0 spiro atoms. The Labute approximate surface area is 146 Å². The van der Waals surface area contributed by atoms with Crippen molar-refractivity contribution < 1.29 is 15.0 Å². The van der Waals surface area contributed by atoms with Gasteiger partial charge in [0.25, 0.3) is 0 Å². The van der Waals surface area contributed by atoms with E-state index in [-0.39, 0.29) is 29.8 Å². The highest BCUT2D eigenvalue weighted by Gasteiger charge is 2.60. The first-order valence-corrected chi connectivity index (χ1v) is 10.2. The van der Waals surface area contributed by atoms with Crippen LogP contribution in [0.25, 0.3) is 0 Å². The van der Waals surface area contributed by atoms with Gasteiger partial charge in [-0.2, -0.15) is 0 Å². The average Bonchev–Trinajstić information content (AvgIpc) is 2.92. The number of rotatable bonds is 2. The minimum Gasteiger partial charge on any atom is -0.393 e. The highest BCUT2D eigenvalue weighted by molar-refractivity contribution is 5.83. The molecule has 0 aromatic heterocycles. The zero-order valence-electron chi connectivity index (χ0n) is 15.3. The molecule has 0 bridgehead atoms. The Balaban J connectivity index is 1.60. The van der Waals surface area contributed by atoms with Crippen molar-refractivity contribution in [3.63, 3.8) is 0 Å². The lowest BCUT2D eigenvalue weighted by molar-refractivity contribution is -0.141. The number of hydrogen-bond donors (Lipinski definition) is 2. The Bertz CT molecular complexity index is 517. The molecule has 0 aromatic rings. The van der Waals surface area contributed by atoms with Crippen LogP contribution in [0.5, 0.6) is 0 Å². The molecule has 3 heteroatoms. The van der Waals surface area contributed by atoms with Gasteiger partial charge < -0.3 is 10.2 Å². The molecule has 0 heterocycles. The number of carbonyl (C=O) groups is 1. The molecule has 2 unspecified atom stereocenters. The van der Waals surface area contributed by atoms with Crippen LogP contribution < -0.4 is 0 Å². The van der Waals surface area contributed by atoms with Gasteiger partial charge in [-0.3, -0.25) is 4.79 Å². The Hall–Kier alpha value is -0.410. The maximum absolute atomic E-state index is 12.3. The molecule has 0 saturated heterocycles. The SMILES string of the molecule is C[C@]12CCC3C(CC[C@H]4C[C@H](O)CC[C@]34C)[C@@H]1CC[C@@H]2C(=O)CO. The van der Waals surface area contributed by atoms with E-state index in [9.17, 15) is 15.0 Å². The summed E-state index contributed by atoms with van der Waals surface area (Å²) in [5.41, 5.74) is 0.529. The van der Waals surface area contributed by atoms with Crippen LogP contribution in [0.15, 0.2) is 0 Å². The summed E-state index contributed by atoms with van der Waals surface area (Å²) < 4.78 is 0. The summed E-state index contributed by atoms with van der Waals surface area (Å²) in [5.74, 6) is 3.08. The predicted molar refractivity (Wildman–Crippen MR) is 93.3 cm³/mol. The molecule has 4 aliphatic rings. The summed E-state index contributed by atoms with van der Waals surface area (Å²) in [6.45, 7) is 4.57. The second kappa shape index (κ2) is 5.81. The summed E-state index contributed by atoms with van der Waals surface area (Å²) in [7, 11) is 0. The molecule has 0 aromatic carbocycles. The van der Waals surface area contributed by atoms with Crippen LogP contribution in [0.4, 0.5) is 0 Å². The Kier molecular flexibility index (Phi) is 4.12. The number of fused-ring (bicyclic) bond motifs is 5. The smallest absolute Gasteiger partial charge is 0.161 e. The molecular weight excluding hydrogens is 300 g/mol. The number of carbonyl (C=O) groups excluding carboxylic acids is 1. The van der Waals surface area contributed by atoms with E-state index in [2.05, 4.69) is 13.8 Å². The zero-order valence-corrected chi connectivity index (χ0v) is 15.3. The molecule has 4 aliphatic carbocycles. The third kappa shape index (κ3) is 2.26. The molecule has 3 nitrogen and oxygen atoms in total. The number of hydrogen-bond acceptors (Lipinski definition) is 3. The Morgan fingerprint density at radius 3 is 2.42 bits per heavy atom. The molecule has 4 saturated carbocycles. The van der Waals surface area contributed by atoms with E-state index in [0.717, 1.165) is 37.5 Å². The minimum atomic E-state index is -0.279. The molecular formula is C21H34O3. The number of aliphatic hydroxyl groups excluding tert-OH is 2. The van der Waals surface area contributed by atoms with Crippen molar-refractivity contribution in [1.29, 1.82) is 0 Å². The van der Waals surface area contributed by atoms with Crippen LogP contribution in [0.2, 0.25) is 0 Å². The van der Waals surface area contributed by atoms with E-state index in [1.807, 2.05) is 0 Å². The van der Waals surface area contributed by atoms with Gasteiger partial charge in [-0.25, -0.2) is 0 Å². The van der Waals surface area contributed by atoms with Crippen LogP contribution in [-0.4, -0.2) is 28.7 Å². The average molecular weight is 335 g/mol. The molecule has 0 amide bonds. The summed E-state index contributed by atoms with van der Waals surface area (Å²) in [4.78, 5) is 12.3. The third-order valence-electron chi connectivity index (χ3n) is 9.18. The van der Waals surface area contributed by atoms with Crippen molar-refractivity contribution in [2.75, 3.05) is 6.61 Å². The van der Waals surface area contributed by atoms with E-state index in [4.69, 9.17) is 0 Å². The molecule has 2 N–H and O–H groups in total. The van der Waals surface area contributed by atoms with Gasteiger partial charge in [-0.15, -0.1) is 0 Å². The highest BCUT2D eigenvalue weighted by atomic mass is 16.3. The van der Waals surface area contributed by atoms with E-state index in [1.165, 1.54) is 32.1 Å². The molecule has 4 fully saturated rings. The van der Waals surface area contributed by atoms with Crippen molar-refractivity contribution >= 4 is 5.78 Å². The van der Waals surface area contributed by atoms with Crippen molar-refractivity contribution in [3.8, 4) is 0 Å². The van der Waals surface area contributed by atoms with Gasteiger partial charge in [0, 0.05) is 5.92 Å². The number of Topliss-reactive ketones (excluding diaryl/α,β-unsaturated/α-hetero) is 1. The summed E-state index contributed by atoms with van der Waals surface area (Å²) in [5, 5.41) is 19.5. The summed E-state index contributed by atoms with van der Waals surface area (Å²) >= 11 is 0. The number of ketones is 1. The van der Waals surface area contributed by atoms with Gasteiger partial charge in [0.2, 0.25) is 0 Å².